The molecular weight excluding hydrogens is 316 g/mol. The number of hydrogen-bond donors (Lipinski definition) is 2. The third-order valence-corrected chi connectivity index (χ3v) is 4.01. The number of aromatic nitrogens is 3. The lowest BCUT2D eigenvalue weighted by Crippen LogP contribution is -2.24. The van der Waals surface area contributed by atoms with Crippen molar-refractivity contribution in [1.29, 1.82) is 0 Å². The maximum absolute atomic E-state index is 12.2. The van der Waals surface area contributed by atoms with Crippen molar-refractivity contribution in [2.24, 2.45) is 0 Å². The number of amides is 1. The number of nitrogens with one attached hydrogen (secondary N) is 2. The van der Waals surface area contributed by atoms with E-state index >= 15 is 0 Å². The summed E-state index contributed by atoms with van der Waals surface area (Å²) in [5, 5.41) is 10.1. The van der Waals surface area contributed by atoms with E-state index in [0.717, 1.165) is 11.8 Å². The second kappa shape index (κ2) is 7.19. The van der Waals surface area contributed by atoms with E-state index in [0.29, 0.717) is 11.3 Å². The van der Waals surface area contributed by atoms with Gasteiger partial charge in [-0.3, -0.25) is 19.4 Å². The zero-order chi connectivity index (χ0) is 17.0. The average Bonchev–Trinajstić information content (AvgIpc) is 2.51. The molecule has 7 nitrogen and oxygen atoms in total. The minimum atomic E-state index is -0.497. The normalized spacial score (nSPS) is 11.8. The van der Waals surface area contributed by atoms with Crippen LogP contribution in [0.2, 0.25) is 0 Å². The molecule has 1 amide bonds. The molecule has 0 saturated carbocycles. The first-order valence-electron chi connectivity index (χ1n) is 6.89. The van der Waals surface area contributed by atoms with Crippen LogP contribution in [0.4, 0.5) is 5.69 Å². The van der Waals surface area contributed by atoms with E-state index < -0.39 is 5.25 Å². The molecule has 0 aliphatic carbocycles. The lowest BCUT2D eigenvalue weighted by molar-refractivity contribution is -0.115. The second-order valence-corrected chi connectivity index (χ2v) is 6.26. The number of aromatic amines is 1. The lowest BCUT2D eigenvalue weighted by Gasteiger charge is -2.11. The second-order valence-electron chi connectivity index (χ2n) is 4.93. The van der Waals surface area contributed by atoms with Gasteiger partial charge in [0.2, 0.25) is 5.91 Å². The Morgan fingerprint density at radius 3 is 2.70 bits per heavy atom. The first-order valence-corrected chi connectivity index (χ1v) is 7.77. The van der Waals surface area contributed by atoms with Crippen LogP contribution in [0.15, 0.2) is 34.2 Å². The van der Waals surface area contributed by atoms with Gasteiger partial charge in [0.15, 0.2) is 10.9 Å². The largest absolute Gasteiger partial charge is 0.325 e. The lowest BCUT2D eigenvalue weighted by atomic mass is 10.1. The van der Waals surface area contributed by atoms with Gasteiger partial charge in [0.1, 0.15) is 5.69 Å². The minimum absolute atomic E-state index is 0.0731. The summed E-state index contributed by atoms with van der Waals surface area (Å²) in [7, 11) is 0. The third-order valence-electron chi connectivity index (χ3n) is 3.03. The summed E-state index contributed by atoms with van der Waals surface area (Å²) >= 11 is 1.10. The Morgan fingerprint density at radius 1 is 1.30 bits per heavy atom. The quantitative estimate of drug-likeness (QED) is 0.639. The van der Waals surface area contributed by atoms with Gasteiger partial charge in [-0.15, -0.1) is 10.2 Å². The number of nitrogens with zero attached hydrogens (tertiary/aromatic N) is 2. The van der Waals surface area contributed by atoms with Gasteiger partial charge in [0, 0.05) is 11.3 Å². The molecule has 2 rings (SSSR count). The van der Waals surface area contributed by atoms with Gasteiger partial charge in [-0.25, -0.2) is 0 Å². The first kappa shape index (κ1) is 16.9. The van der Waals surface area contributed by atoms with Crippen molar-refractivity contribution < 1.29 is 9.59 Å². The standard InChI is InChI=1S/C15H16N4O3S/c1-8-13(21)17-15(19-18-8)23-10(3)14(22)16-12-6-4-5-11(7-12)9(2)20/h4-7,10H,1-3H3,(H,16,22)(H,17,19,21). The van der Waals surface area contributed by atoms with Crippen LogP contribution in [0.1, 0.15) is 29.9 Å². The fraction of sp³-hybridized carbons (Fsp3) is 0.267. The number of benzene rings is 1. The Morgan fingerprint density at radius 2 is 2.04 bits per heavy atom. The Hall–Kier alpha value is -2.48. The van der Waals surface area contributed by atoms with E-state index in [1.165, 1.54) is 6.92 Å². The maximum atomic E-state index is 12.2. The van der Waals surface area contributed by atoms with Gasteiger partial charge >= 0.3 is 0 Å². The number of H-pyrrole nitrogens is 1. The van der Waals surface area contributed by atoms with Crippen molar-refractivity contribution in [3.05, 3.63) is 45.9 Å². The molecule has 1 heterocycles. The number of aryl methyl sites for hydroxylation is 1. The molecule has 0 radical (unpaired) electrons. The monoisotopic (exact) mass is 332 g/mol. The number of anilines is 1. The van der Waals surface area contributed by atoms with Crippen molar-refractivity contribution >= 4 is 29.1 Å². The predicted octanol–water partition coefficient (Wildman–Crippen LogP) is 1.80. The summed E-state index contributed by atoms with van der Waals surface area (Å²) in [6.45, 7) is 4.71. The van der Waals surface area contributed by atoms with E-state index in [9.17, 15) is 14.4 Å². The van der Waals surface area contributed by atoms with E-state index in [2.05, 4.69) is 20.5 Å². The minimum Gasteiger partial charge on any atom is -0.325 e. The Bertz CT molecular complexity index is 803. The number of carbonyl (C=O) groups is 2. The SMILES string of the molecule is CC(=O)c1cccc(NC(=O)C(C)Sc2nnc(C)c(=O)[nH]2)c1. The van der Waals surface area contributed by atoms with Crippen LogP contribution < -0.4 is 10.9 Å². The van der Waals surface area contributed by atoms with E-state index in [4.69, 9.17) is 0 Å². The summed E-state index contributed by atoms with van der Waals surface area (Å²) in [4.78, 5) is 37.6. The highest BCUT2D eigenvalue weighted by atomic mass is 32.2. The molecule has 8 heteroatoms. The van der Waals surface area contributed by atoms with Gasteiger partial charge < -0.3 is 5.32 Å². The summed E-state index contributed by atoms with van der Waals surface area (Å²) in [6.07, 6.45) is 0. The molecule has 2 aromatic rings. The molecule has 0 spiro atoms. The smallest absolute Gasteiger partial charge is 0.273 e. The van der Waals surface area contributed by atoms with Crippen molar-refractivity contribution in [3.63, 3.8) is 0 Å². The molecule has 1 aromatic carbocycles. The average molecular weight is 332 g/mol. The van der Waals surface area contributed by atoms with Crippen molar-refractivity contribution in [1.82, 2.24) is 15.2 Å². The molecule has 0 aliphatic rings. The van der Waals surface area contributed by atoms with Crippen LogP contribution in [0.5, 0.6) is 0 Å². The van der Waals surface area contributed by atoms with Crippen LogP contribution in [0.25, 0.3) is 0 Å². The van der Waals surface area contributed by atoms with E-state index in [-0.39, 0.29) is 28.1 Å². The van der Waals surface area contributed by atoms with Gasteiger partial charge in [0.25, 0.3) is 5.56 Å². The van der Waals surface area contributed by atoms with E-state index in [1.54, 1.807) is 38.1 Å². The highest BCUT2D eigenvalue weighted by Crippen LogP contribution is 2.19. The van der Waals surface area contributed by atoms with Crippen LogP contribution in [-0.2, 0) is 4.79 Å². The van der Waals surface area contributed by atoms with Gasteiger partial charge in [0.05, 0.1) is 5.25 Å². The number of ketones is 1. The summed E-state index contributed by atoms with van der Waals surface area (Å²) in [5.41, 5.74) is 1.01. The number of Topliss-reactive ketones (excluding diaryl/α,β-unsaturated/α-hetero) is 1. The highest BCUT2D eigenvalue weighted by molar-refractivity contribution is 8.00. The summed E-state index contributed by atoms with van der Waals surface area (Å²) in [6, 6.07) is 6.70. The summed E-state index contributed by atoms with van der Waals surface area (Å²) in [5.74, 6) is -0.338. The molecule has 0 aliphatic heterocycles. The van der Waals surface area contributed by atoms with Crippen LogP contribution in [-0.4, -0.2) is 32.1 Å². The van der Waals surface area contributed by atoms with Crippen LogP contribution in [0, 0.1) is 6.92 Å². The number of thioether (sulfide) groups is 1. The molecule has 1 atom stereocenters. The Kier molecular flexibility index (Phi) is 5.28. The molecule has 2 N–H and O–H groups in total. The molecule has 23 heavy (non-hydrogen) atoms. The van der Waals surface area contributed by atoms with Gasteiger partial charge in [-0.2, -0.15) is 0 Å². The summed E-state index contributed by atoms with van der Waals surface area (Å²) < 4.78 is 0. The number of carbonyl (C=O) groups excluding carboxylic acids is 2. The molecule has 1 unspecified atom stereocenters. The number of rotatable bonds is 5. The van der Waals surface area contributed by atoms with Crippen LogP contribution >= 0.6 is 11.8 Å². The van der Waals surface area contributed by atoms with Crippen molar-refractivity contribution in [3.8, 4) is 0 Å². The molecule has 120 valence electrons. The van der Waals surface area contributed by atoms with Crippen molar-refractivity contribution in [2.45, 2.75) is 31.2 Å². The molecule has 0 bridgehead atoms. The first-order chi connectivity index (χ1) is 10.9. The Balaban J connectivity index is 2.05. The zero-order valence-corrected chi connectivity index (χ0v) is 13.7. The molecule has 0 saturated heterocycles. The highest BCUT2D eigenvalue weighted by Gasteiger charge is 2.17. The number of hydrogen-bond acceptors (Lipinski definition) is 6. The van der Waals surface area contributed by atoms with Crippen LogP contribution in [0.3, 0.4) is 0 Å². The topological polar surface area (TPSA) is 105 Å². The van der Waals surface area contributed by atoms with Gasteiger partial charge in [-0.1, -0.05) is 23.9 Å². The molecule has 0 fully saturated rings. The predicted molar refractivity (Wildman–Crippen MR) is 87.8 cm³/mol. The Labute approximate surface area is 136 Å². The van der Waals surface area contributed by atoms with Crippen molar-refractivity contribution in [2.75, 3.05) is 5.32 Å². The van der Waals surface area contributed by atoms with Gasteiger partial charge in [-0.05, 0) is 32.9 Å². The molecule has 1 aromatic heterocycles. The maximum Gasteiger partial charge on any atom is 0.273 e. The molecular formula is C15H16N4O3S. The van der Waals surface area contributed by atoms with E-state index in [1.807, 2.05) is 0 Å². The fourth-order valence-electron chi connectivity index (χ4n) is 1.71. The fourth-order valence-corrected chi connectivity index (χ4v) is 2.45. The third kappa shape index (κ3) is 4.49. The zero-order valence-electron chi connectivity index (χ0n) is 12.9.